The van der Waals surface area contributed by atoms with Crippen LogP contribution in [0.1, 0.15) is 13.3 Å². The minimum atomic E-state index is 0.811. The molecule has 0 aliphatic carbocycles. The molecule has 0 aromatic heterocycles. The van der Waals surface area contributed by atoms with Gasteiger partial charge in [0.05, 0.1) is 0 Å². The van der Waals surface area contributed by atoms with Crippen LogP contribution < -0.4 is 0 Å². The van der Waals surface area contributed by atoms with E-state index >= 15 is 0 Å². The predicted octanol–water partition coefficient (Wildman–Crippen LogP) is 0.990. The van der Waals surface area contributed by atoms with Crippen molar-refractivity contribution in [1.29, 1.82) is 0 Å². The van der Waals surface area contributed by atoms with Crippen LogP contribution in [0.4, 0.5) is 0 Å². The summed E-state index contributed by atoms with van der Waals surface area (Å²) in [5.41, 5.74) is 0. The summed E-state index contributed by atoms with van der Waals surface area (Å²) >= 11 is 0. The molecule has 0 fully saturated rings. The topological polar surface area (TPSA) is 0 Å². The minimum Gasteiger partial charge on any atom is -0.0894 e. The molecule has 0 spiro atoms. The highest BCUT2D eigenvalue weighted by atomic mass is 13.6. The summed E-state index contributed by atoms with van der Waals surface area (Å²) < 4.78 is 0. The van der Waals surface area contributed by atoms with E-state index in [1.54, 1.807) is 0 Å². The molecule has 0 atom stereocenters. The maximum atomic E-state index is 6.28. The van der Waals surface area contributed by atoms with Crippen molar-refractivity contribution in [2.75, 3.05) is 0 Å². The third kappa shape index (κ3) is 3.12. The van der Waals surface area contributed by atoms with E-state index in [1.807, 2.05) is 12.8 Å². The Morgan fingerprint density at radius 2 is 2.33 bits per heavy atom. The van der Waals surface area contributed by atoms with Crippen LogP contribution in [-0.2, 0) is 0 Å². The van der Waals surface area contributed by atoms with Crippen molar-refractivity contribution in [2.45, 2.75) is 13.3 Å². The number of hydrogen-bond acceptors (Lipinski definition) is 0. The average Bonchev–Trinajstić information content (AvgIpc) is 1.61. The Balaban J connectivity index is 3.22. The summed E-state index contributed by atoms with van der Waals surface area (Å²) in [6.07, 6.45) is 7.09. The highest BCUT2D eigenvalue weighted by Crippen LogP contribution is 1.62. The highest BCUT2D eigenvalue weighted by Gasteiger charge is 1.51. The maximum Gasteiger partial charge on any atom is 0.00704 e. The Morgan fingerprint density at radius 3 is 2.50 bits per heavy atom. The Labute approximate surface area is 38.6 Å². The van der Waals surface area contributed by atoms with Crippen LogP contribution in [0.3, 0.4) is 0 Å². The standard InChI is InChI=1S/C6H5/c1-3-5-6-4-2/h3H2,1H3. The van der Waals surface area contributed by atoms with Crippen LogP contribution in [0.15, 0.2) is 0 Å². The molecular formula is C6H5. The largest absolute Gasteiger partial charge is 0.0894 e. The molecule has 0 aliphatic rings. The highest BCUT2D eigenvalue weighted by molar-refractivity contribution is 5.18. The van der Waals surface area contributed by atoms with Crippen LogP contribution in [0.25, 0.3) is 0 Å². The molecule has 1 radical (unpaired) electrons. The van der Waals surface area contributed by atoms with Crippen molar-refractivity contribution < 1.29 is 0 Å². The summed E-state index contributed by atoms with van der Waals surface area (Å²) in [4.78, 5) is 0. The summed E-state index contributed by atoms with van der Waals surface area (Å²) in [6.45, 7) is 1.93. The second-order valence-corrected chi connectivity index (χ2v) is 0.780. The van der Waals surface area contributed by atoms with Crippen molar-refractivity contribution in [3.63, 3.8) is 0 Å². The van der Waals surface area contributed by atoms with E-state index in [0.717, 1.165) is 6.42 Å². The van der Waals surface area contributed by atoms with Gasteiger partial charge in [0.15, 0.2) is 0 Å². The van der Waals surface area contributed by atoms with Crippen LogP contribution in [-0.4, -0.2) is 0 Å². The molecule has 0 unspecified atom stereocenters. The maximum absolute atomic E-state index is 6.28. The van der Waals surface area contributed by atoms with E-state index in [4.69, 9.17) is 6.42 Å². The summed E-state index contributed by atoms with van der Waals surface area (Å²) in [6, 6.07) is 0. The molecule has 0 nitrogen and oxygen atoms in total. The van der Waals surface area contributed by atoms with E-state index in [-0.39, 0.29) is 0 Å². The Morgan fingerprint density at radius 1 is 1.67 bits per heavy atom. The van der Waals surface area contributed by atoms with Crippen molar-refractivity contribution >= 4 is 0 Å². The molecule has 0 bridgehead atoms. The van der Waals surface area contributed by atoms with Crippen LogP contribution in [0, 0.1) is 24.2 Å². The Bertz CT molecular complexity index is 104. The van der Waals surface area contributed by atoms with Gasteiger partial charge in [0.25, 0.3) is 0 Å². The van der Waals surface area contributed by atoms with Gasteiger partial charge in [-0.15, -0.1) is 0 Å². The Kier molecular flexibility index (Phi) is 3.52. The van der Waals surface area contributed by atoms with Crippen molar-refractivity contribution in [3.05, 3.63) is 6.42 Å². The number of rotatable bonds is 0. The minimum absolute atomic E-state index is 0.811. The van der Waals surface area contributed by atoms with Crippen molar-refractivity contribution in [2.24, 2.45) is 0 Å². The van der Waals surface area contributed by atoms with Gasteiger partial charge in [-0.1, -0.05) is 12.8 Å². The van der Waals surface area contributed by atoms with Gasteiger partial charge in [-0.3, -0.25) is 0 Å². The second kappa shape index (κ2) is 4.12. The molecule has 0 saturated heterocycles. The summed E-state index contributed by atoms with van der Waals surface area (Å²) in [7, 11) is 0. The third-order valence-electron chi connectivity index (χ3n) is 0.328. The van der Waals surface area contributed by atoms with E-state index in [9.17, 15) is 0 Å². The normalized spacial score (nSPS) is 4.67. The molecule has 29 valence electrons. The fourth-order valence-electron chi connectivity index (χ4n) is 0.133. The first-order valence-corrected chi connectivity index (χ1v) is 1.81. The van der Waals surface area contributed by atoms with Gasteiger partial charge in [-0.05, 0) is 18.3 Å². The van der Waals surface area contributed by atoms with Crippen molar-refractivity contribution in [3.8, 4) is 17.8 Å². The van der Waals surface area contributed by atoms with E-state index < -0.39 is 0 Å². The quantitative estimate of drug-likeness (QED) is 0.378. The van der Waals surface area contributed by atoms with Crippen LogP contribution >= 0.6 is 0 Å². The SMILES string of the molecule is [C]#CC#CCC. The van der Waals surface area contributed by atoms with Gasteiger partial charge in [0.2, 0.25) is 0 Å². The lowest BCUT2D eigenvalue weighted by Gasteiger charge is -1.57. The molecule has 0 N–H and O–H groups in total. The molecule has 6 heavy (non-hydrogen) atoms. The van der Waals surface area contributed by atoms with Gasteiger partial charge >= 0.3 is 0 Å². The summed E-state index contributed by atoms with van der Waals surface area (Å²) in [5.74, 6) is 6.97. The monoisotopic (exact) mass is 77.0 g/mol. The average molecular weight is 77.1 g/mol. The predicted molar refractivity (Wildman–Crippen MR) is 25.2 cm³/mol. The zero-order chi connectivity index (χ0) is 4.83. The lowest BCUT2D eigenvalue weighted by Crippen LogP contribution is -1.48. The first-order valence-electron chi connectivity index (χ1n) is 1.81. The van der Waals surface area contributed by atoms with E-state index in [1.165, 1.54) is 0 Å². The van der Waals surface area contributed by atoms with Crippen molar-refractivity contribution in [1.82, 2.24) is 0 Å². The molecule has 0 heterocycles. The molecule has 0 aliphatic heterocycles. The zero-order valence-electron chi connectivity index (χ0n) is 3.71. The van der Waals surface area contributed by atoms with Gasteiger partial charge in [-0.25, -0.2) is 0 Å². The smallest absolute Gasteiger partial charge is 0.00704 e. The zero-order valence-corrected chi connectivity index (χ0v) is 3.71. The Hall–Kier alpha value is -0.880. The molecule has 0 aromatic rings. The molecule has 0 aromatic carbocycles. The van der Waals surface area contributed by atoms with E-state index in [0.29, 0.717) is 0 Å². The van der Waals surface area contributed by atoms with E-state index in [2.05, 4.69) is 11.8 Å². The fraction of sp³-hybridized carbons (Fsp3) is 0.333. The molecule has 0 saturated carbocycles. The van der Waals surface area contributed by atoms with Gasteiger partial charge in [0, 0.05) is 6.42 Å². The molecule has 0 rings (SSSR count). The van der Waals surface area contributed by atoms with Gasteiger partial charge < -0.3 is 0 Å². The molecule has 0 heteroatoms. The third-order valence-corrected chi connectivity index (χ3v) is 0.328. The first-order chi connectivity index (χ1) is 2.91. The first kappa shape index (κ1) is 5.12. The second-order valence-electron chi connectivity index (χ2n) is 0.780. The lowest BCUT2D eigenvalue weighted by atomic mass is 10.5. The van der Waals surface area contributed by atoms with Gasteiger partial charge in [0.1, 0.15) is 0 Å². The molecular weight excluding hydrogens is 72.1 g/mol. The van der Waals surface area contributed by atoms with Crippen LogP contribution in [0.2, 0.25) is 0 Å². The fourth-order valence-corrected chi connectivity index (χ4v) is 0.133. The lowest BCUT2D eigenvalue weighted by molar-refractivity contribution is 1.28. The summed E-state index contributed by atoms with van der Waals surface area (Å²) in [5, 5.41) is 0. The number of hydrogen-bond donors (Lipinski definition) is 0. The molecule has 0 amide bonds. The van der Waals surface area contributed by atoms with Crippen LogP contribution in [0.5, 0.6) is 0 Å². The van der Waals surface area contributed by atoms with Gasteiger partial charge in [-0.2, -0.15) is 0 Å².